The quantitative estimate of drug-likeness (QED) is 0.674. The Hall–Kier alpha value is -2.16. The minimum absolute atomic E-state index is 0.0540. The number of piperidine rings is 1. The zero-order valence-corrected chi connectivity index (χ0v) is 12.9. The van der Waals surface area contributed by atoms with Gasteiger partial charge in [-0.05, 0) is 37.3 Å². The third-order valence-electron chi connectivity index (χ3n) is 4.26. The van der Waals surface area contributed by atoms with Gasteiger partial charge in [-0.2, -0.15) is 13.2 Å². The Morgan fingerprint density at radius 2 is 1.96 bits per heavy atom. The SMILES string of the molecule is Cc1cc([N+](=O)[O-])ccc1C(=O)N1CCC(C(O)C(F)(F)F)CC1. The maximum absolute atomic E-state index is 12.5. The van der Waals surface area contributed by atoms with E-state index in [1.165, 1.54) is 23.1 Å². The number of carbonyl (C=O) groups is 1. The Balaban J connectivity index is 2.04. The van der Waals surface area contributed by atoms with Gasteiger partial charge in [-0.3, -0.25) is 14.9 Å². The van der Waals surface area contributed by atoms with Crippen LogP contribution >= 0.6 is 0 Å². The predicted octanol–water partition coefficient (Wildman–Crippen LogP) is 2.68. The van der Waals surface area contributed by atoms with E-state index in [2.05, 4.69) is 0 Å². The van der Waals surface area contributed by atoms with Crippen molar-refractivity contribution in [2.75, 3.05) is 13.1 Å². The Labute approximate surface area is 136 Å². The molecule has 1 aliphatic rings. The number of likely N-dealkylation sites (tertiary alicyclic amines) is 1. The third-order valence-corrected chi connectivity index (χ3v) is 4.26. The molecule has 1 unspecified atom stereocenters. The summed E-state index contributed by atoms with van der Waals surface area (Å²) in [6.07, 6.45) is -6.93. The van der Waals surface area contributed by atoms with Gasteiger partial charge in [-0.25, -0.2) is 0 Å². The molecule has 1 aliphatic heterocycles. The molecule has 1 aromatic rings. The van der Waals surface area contributed by atoms with Crippen LogP contribution < -0.4 is 0 Å². The van der Waals surface area contributed by atoms with Gasteiger partial charge in [0.2, 0.25) is 0 Å². The molecular weight excluding hydrogens is 329 g/mol. The number of alkyl halides is 3. The molecule has 9 heteroatoms. The fraction of sp³-hybridized carbons (Fsp3) is 0.533. The number of carbonyl (C=O) groups excluding carboxylic acids is 1. The number of aliphatic hydroxyl groups excluding tert-OH is 1. The highest BCUT2D eigenvalue weighted by atomic mass is 19.4. The second-order valence-corrected chi connectivity index (χ2v) is 5.87. The second kappa shape index (κ2) is 6.76. The molecule has 0 saturated carbocycles. The highest BCUT2D eigenvalue weighted by Crippen LogP contribution is 2.32. The van der Waals surface area contributed by atoms with E-state index in [0.29, 0.717) is 5.56 Å². The maximum atomic E-state index is 12.5. The van der Waals surface area contributed by atoms with E-state index in [9.17, 15) is 33.2 Å². The molecule has 132 valence electrons. The summed E-state index contributed by atoms with van der Waals surface area (Å²) in [6, 6.07) is 3.86. The van der Waals surface area contributed by atoms with Crippen LogP contribution in [0.2, 0.25) is 0 Å². The Morgan fingerprint density at radius 1 is 1.38 bits per heavy atom. The summed E-state index contributed by atoms with van der Waals surface area (Å²) in [4.78, 5) is 24.0. The number of hydrogen-bond donors (Lipinski definition) is 1. The van der Waals surface area contributed by atoms with Crippen molar-refractivity contribution in [1.29, 1.82) is 0 Å². The first-order valence-electron chi connectivity index (χ1n) is 7.40. The van der Waals surface area contributed by atoms with E-state index in [0.717, 1.165) is 0 Å². The summed E-state index contributed by atoms with van der Waals surface area (Å²) < 4.78 is 37.6. The lowest BCUT2D eigenvalue weighted by atomic mass is 9.90. The van der Waals surface area contributed by atoms with Crippen molar-refractivity contribution in [3.8, 4) is 0 Å². The van der Waals surface area contributed by atoms with Crippen LogP contribution in [0.1, 0.15) is 28.8 Å². The number of nitro groups is 1. The molecule has 1 aromatic carbocycles. The van der Waals surface area contributed by atoms with Crippen LogP contribution in [0.5, 0.6) is 0 Å². The summed E-state index contributed by atoms with van der Waals surface area (Å²) >= 11 is 0. The van der Waals surface area contributed by atoms with Gasteiger partial charge in [0.15, 0.2) is 6.10 Å². The zero-order valence-electron chi connectivity index (χ0n) is 12.9. The number of aryl methyl sites for hydroxylation is 1. The molecule has 24 heavy (non-hydrogen) atoms. The molecule has 0 bridgehead atoms. The van der Waals surface area contributed by atoms with Gasteiger partial charge in [0.25, 0.3) is 11.6 Å². The Bertz CT molecular complexity index is 640. The van der Waals surface area contributed by atoms with Gasteiger partial charge in [-0.1, -0.05) is 0 Å². The molecular formula is C15H17F3N2O4. The van der Waals surface area contributed by atoms with Crippen LogP contribution in [0, 0.1) is 23.0 Å². The smallest absolute Gasteiger partial charge is 0.383 e. The van der Waals surface area contributed by atoms with E-state index in [4.69, 9.17) is 0 Å². The van der Waals surface area contributed by atoms with Gasteiger partial charge in [0, 0.05) is 30.8 Å². The summed E-state index contributed by atoms with van der Waals surface area (Å²) in [5.41, 5.74) is 0.595. The monoisotopic (exact) mass is 346 g/mol. The first-order valence-corrected chi connectivity index (χ1v) is 7.40. The maximum Gasteiger partial charge on any atom is 0.414 e. The van der Waals surface area contributed by atoms with Crippen molar-refractivity contribution in [3.05, 3.63) is 39.4 Å². The van der Waals surface area contributed by atoms with Crippen LogP contribution in [0.25, 0.3) is 0 Å². The topological polar surface area (TPSA) is 83.7 Å². The van der Waals surface area contributed by atoms with Crippen LogP contribution in [0.4, 0.5) is 18.9 Å². The molecule has 1 atom stereocenters. The first-order chi connectivity index (χ1) is 11.1. The summed E-state index contributed by atoms with van der Waals surface area (Å²) in [6.45, 7) is 1.78. The second-order valence-electron chi connectivity index (χ2n) is 5.87. The fourth-order valence-electron chi connectivity index (χ4n) is 2.86. The molecule has 0 aromatic heterocycles. The fourth-order valence-corrected chi connectivity index (χ4v) is 2.86. The largest absolute Gasteiger partial charge is 0.414 e. The number of benzene rings is 1. The van der Waals surface area contributed by atoms with Gasteiger partial charge in [0.05, 0.1) is 4.92 Å². The van der Waals surface area contributed by atoms with Crippen molar-refractivity contribution in [2.24, 2.45) is 5.92 Å². The lowest BCUT2D eigenvalue weighted by Crippen LogP contribution is -2.45. The number of amides is 1. The van der Waals surface area contributed by atoms with Gasteiger partial charge in [0.1, 0.15) is 0 Å². The average Bonchev–Trinajstić information content (AvgIpc) is 2.52. The third kappa shape index (κ3) is 3.84. The highest BCUT2D eigenvalue weighted by molar-refractivity contribution is 5.96. The van der Waals surface area contributed by atoms with Crippen molar-refractivity contribution in [1.82, 2.24) is 4.90 Å². The molecule has 1 saturated heterocycles. The molecule has 1 fully saturated rings. The van der Waals surface area contributed by atoms with Gasteiger partial charge >= 0.3 is 6.18 Å². The van der Waals surface area contributed by atoms with E-state index in [-0.39, 0.29) is 43.1 Å². The number of halogens is 3. The molecule has 1 amide bonds. The van der Waals surface area contributed by atoms with Crippen molar-refractivity contribution in [2.45, 2.75) is 32.0 Å². The van der Waals surface area contributed by atoms with Gasteiger partial charge in [-0.15, -0.1) is 0 Å². The molecule has 1 heterocycles. The van der Waals surface area contributed by atoms with Crippen molar-refractivity contribution in [3.63, 3.8) is 0 Å². The van der Waals surface area contributed by atoms with Crippen molar-refractivity contribution >= 4 is 11.6 Å². The molecule has 0 radical (unpaired) electrons. The minimum atomic E-state index is -4.66. The van der Waals surface area contributed by atoms with Gasteiger partial charge < -0.3 is 10.0 Å². The van der Waals surface area contributed by atoms with Crippen LogP contribution in [0.15, 0.2) is 18.2 Å². The summed E-state index contributed by atoms with van der Waals surface area (Å²) in [5.74, 6) is -1.30. The van der Waals surface area contributed by atoms with Crippen LogP contribution in [-0.4, -0.2) is 46.2 Å². The summed E-state index contributed by atoms with van der Waals surface area (Å²) in [7, 11) is 0. The first kappa shape index (κ1) is 18.2. The Morgan fingerprint density at radius 3 is 2.42 bits per heavy atom. The minimum Gasteiger partial charge on any atom is -0.383 e. The average molecular weight is 346 g/mol. The molecule has 0 aliphatic carbocycles. The number of non-ortho nitro benzene ring substituents is 1. The zero-order chi connectivity index (χ0) is 18.1. The molecule has 1 N–H and O–H groups in total. The Kier molecular flexibility index (Phi) is 5.12. The van der Waals surface area contributed by atoms with Crippen molar-refractivity contribution < 1.29 is 28.0 Å². The van der Waals surface area contributed by atoms with E-state index < -0.39 is 23.1 Å². The number of aliphatic hydroxyl groups is 1. The molecule has 0 spiro atoms. The van der Waals surface area contributed by atoms with E-state index >= 15 is 0 Å². The number of rotatable bonds is 3. The standard InChI is InChI=1S/C15H17F3N2O4/c1-9-8-11(20(23)24)2-3-12(9)14(22)19-6-4-10(5-7-19)13(21)15(16,17)18/h2-3,8,10,13,21H,4-7H2,1H3. The molecule has 2 rings (SSSR count). The molecule has 6 nitrogen and oxygen atoms in total. The van der Waals surface area contributed by atoms with Crippen LogP contribution in [-0.2, 0) is 0 Å². The number of nitro benzene ring substituents is 1. The lowest BCUT2D eigenvalue weighted by Gasteiger charge is -2.35. The normalized spacial score (nSPS) is 17.6. The number of hydrogen-bond acceptors (Lipinski definition) is 4. The number of nitrogens with zero attached hydrogens (tertiary/aromatic N) is 2. The predicted molar refractivity (Wildman–Crippen MR) is 78.5 cm³/mol. The summed E-state index contributed by atoms with van der Waals surface area (Å²) in [5, 5.41) is 20.0. The highest BCUT2D eigenvalue weighted by Gasteiger charge is 2.44. The van der Waals surface area contributed by atoms with E-state index in [1.807, 2.05) is 0 Å². The van der Waals surface area contributed by atoms with Crippen LogP contribution in [0.3, 0.4) is 0 Å². The lowest BCUT2D eigenvalue weighted by molar-refractivity contribution is -0.384. The van der Waals surface area contributed by atoms with E-state index in [1.54, 1.807) is 6.92 Å².